The maximum Gasteiger partial charge on any atom is 0.223 e. The lowest BCUT2D eigenvalue weighted by Gasteiger charge is -2.25. The maximum absolute atomic E-state index is 13.2. The van der Waals surface area contributed by atoms with Crippen molar-refractivity contribution in [3.05, 3.63) is 88.6 Å². The fourth-order valence-corrected chi connectivity index (χ4v) is 5.70. The van der Waals surface area contributed by atoms with Crippen molar-refractivity contribution in [2.75, 3.05) is 42.0 Å². The van der Waals surface area contributed by atoms with Crippen molar-refractivity contribution in [3.8, 4) is 17.4 Å². The molecule has 2 heterocycles. The Morgan fingerprint density at radius 2 is 1.68 bits per heavy atom. The molecule has 1 atom stereocenters. The lowest BCUT2D eigenvalue weighted by atomic mass is 9.86. The second-order valence-corrected chi connectivity index (χ2v) is 12.8. The number of likely N-dealkylation sites (tertiary alicyclic amines) is 1. The normalized spacial score (nSPS) is 15.7. The lowest BCUT2D eigenvalue weighted by Crippen LogP contribution is -2.31. The number of amides is 1. The van der Waals surface area contributed by atoms with Gasteiger partial charge in [-0.05, 0) is 81.1 Å². The molecule has 1 saturated heterocycles. The Labute approximate surface area is 263 Å². The molecule has 7 heteroatoms. The molecule has 0 saturated carbocycles. The number of hydrogen-bond acceptors (Lipinski definition) is 6. The summed E-state index contributed by atoms with van der Waals surface area (Å²) in [5.41, 5.74) is 6.26. The Morgan fingerprint density at radius 3 is 2.32 bits per heavy atom. The number of carbonyl (C=O) groups excluding carboxylic acids is 1. The summed E-state index contributed by atoms with van der Waals surface area (Å²) in [5.74, 6) is 2.21. The van der Waals surface area contributed by atoms with Crippen molar-refractivity contribution >= 4 is 11.5 Å². The van der Waals surface area contributed by atoms with E-state index in [2.05, 4.69) is 82.2 Å². The zero-order valence-electron chi connectivity index (χ0n) is 27.8. The van der Waals surface area contributed by atoms with Crippen LogP contribution < -0.4 is 14.2 Å². The molecule has 1 amide bonds. The summed E-state index contributed by atoms with van der Waals surface area (Å²) in [6, 6.07) is 18.6. The van der Waals surface area contributed by atoms with Gasteiger partial charge in [-0.25, -0.2) is 4.98 Å². The quantitative estimate of drug-likeness (QED) is 0.199. The fraction of sp³-hybridized carbons (Fsp3) is 0.459. The molecule has 1 aromatic heterocycles. The van der Waals surface area contributed by atoms with Gasteiger partial charge < -0.3 is 24.0 Å². The van der Waals surface area contributed by atoms with Gasteiger partial charge in [-0.1, -0.05) is 57.2 Å². The number of benzene rings is 2. The van der Waals surface area contributed by atoms with Crippen LogP contribution in [0.1, 0.15) is 74.4 Å². The average Bonchev–Trinajstić information content (AvgIpc) is 3.35. The maximum atomic E-state index is 13.2. The molecule has 2 aromatic carbocycles. The third-order valence-electron chi connectivity index (χ3n) is 8.34. The van der Waals surface area contributed by atoms with E-state index in [1.54, 1.807) is 21.3 Å². The van der Waals surface area contributed by atoms with Crippen LogP contribution in [0.3, 0.4) is 0 Å². The number of nitrogens with zero attached hydrogens (tertiary/aromatic N) is 3. The Morgan fingerprint density at radius 1 is 0.955 bits per heavy atom. The van der Waals surface area contributed by atoms with Gasteiger partial charge in [0.05, 0.1) is 33.1 Å². The predicted molar refractivity (Wildman–Crippen MR) is 178 cm³/mol. The third-order valence-corrected chi connectivity index (χ3v) is 8.34. The van der Waals surface area contributed by atoms with E-state index in [1.807, 2.05) is 23.1 Å². The van der Waals surface area contributed by atoms with Crippen LogP contribution in [-0.4, -0.2) is 68.7 Å². The number of pyridine rings is 1. The molecule has 1 aliphatic rings. The number of rotatable bonds is 13. The van der Waals surface area contributed by atoms with Crippen LogP contribution in [0.25, 0.3) is 5.57 Å². The van der Waals surface area contributed by atoms with E-state index in [0.717, 1.165) is 65.9 Å². The molecule has 0 unspecified atom stereocenters. The highest BCUT2D eigenvalue weighted by Crippen LogP contribution is 2.34. The topological polar surface area (TPSA) is 64.1 Å². The molecular weight excluding hydrogens is 550 g/mol. The summed E-state index contributed by atoms with van der Waals surface area (Å²) in [4.78, 5) is 22.4. The van der Waals surface area contributed by atoms with Gasteiger partial charge in [-0.15, -0.1) is 0 Å². The molecule has 7 nitrogen and oxygen atoms in total. The Bertz CT molecular complexity index is 1440. The van der Waals surface area contributed by atoms with E-state index in [1.165, 1.54) is 5.56 Å². The highest BCUT2D eigenvalue weighted by atomic mass is 16.5. The van der Waals surface area contributed by atoms with Gasteiger partial charge in [-0.2, -0.15) is 0 Å². The van der Waals surface area contributed by atoms with Gasteiger partial charge in [0.15, 0.2) is 0 Å². The van der Waals surface area contributed by atoms with E-state index < -0.39 is 0 Å². The lowest BCUT2D eigenvalue weighted by molar-refractivity contribution is -0.129. The van der Waals surface area contributed by atoms with Crippen molar-refractivity contribution < 1.29 is 19.0 Å². The number of aryl methyl sites for hydroxylation is 1. The smallest absolute Gasteiger partial charge is 0.223 e. The molecule has 0 spiro atoms. The number of hydrogen-bond donors (Lipinski definition) is 0. The van der Waals surface area contributed by atoms with Crippen LogP contribution in [0.4, 0.5) is 0 Å². The molecule has 1 fully saturated rings. The molecular formula is C37H49N3O4. The number of aromatic nitrogens is 1. The van der Waals surface area contributed by atoms with Crippen LogP contribution in [0, 0.1) is 0 Å². The number of ether oxygens (including phenoxy) is 3. The van der Waals surface area contributed by atoms with Crippen LogP contribution in [-0.2, 0) is 23.2 Å². The molecule has 0 N–H and O–H groups in total. The van der Waals surface area contributed by atoms with Gasteiger partial charge in [0.1, 0.15) is 11.5 Å². The number of carbonyl (C=O) groups is 1. The largest absolute Gasteiger partial charge is 0.497 e. The van der Waals surface area contributed by atoms with Crippen LogP contribution >= 0.6 is 0 Å². The standard InChI is InChI=1S/C37H49N3O4/c1-37(2,3)29-16-12-26(13-17-29)32(33-20-15-27(36(38-33)44-8)11-9-10-22-39(4)5)23-30-18-21-35(41)40(30)25-28-14-19-31(42-6)24-34(28)43-7/h12-17,19-20,23-24,30H,9-11,18,21-22,25H2,1-8H3/t30-/m1/s1. The molecule has 0 aliphatic carbocycles. The summed E-state index contributed by atoms with van der Waals surface area (Å²) in [6.07, 6.45) is 6.55. The van der Waals surface area contributed by atoms with Crippen LogP contribution in [0.2, 0.25) is 0 Å². The summed E-state index contributed by atoms with van der Waals surface area (Å²) in [6.45, 7) is 8.17. The van der Waals surface area contributed by atoms with E-state index in [0.29, 0.717) is 24.6 Å². The Balaban J connectivity index is 1.71. The van der Waals surface area contributed by atoms with Crippen molar-refractivity contribution in [2.45, 2.75) is 70.9 Å². The first-order valence-corrected chi connectivity index (χ1v) is 15.6. The monoisotopic (exact) mass is 599 g/mol. The van der Waals surface area contributed by atoms with Crippen molar-refractivity contribution in [1.82, 2.24) is 14.8 Å². The first-order chi connectivity index (χ1) is 21.0. The fourth-order valence-electron chi connectivity index (χ4n) is 5.70. The van der Waals surface area contributed by atoms with Gasteiger partial charge in [0.25, 0.3) is 0 Å². The van der Waals surface area contributed by atoms with Gasteiger partial charge >= 0.3 is 0 Å². The second kappa shape index (κ2) is 14.8. The molecule has 236 valence electrons. The predicted octanol–water partition coefficient (Wildman–Crippen LogP) is 6.91. The van der Waals surface area contributed by atoms with Crippen molar-refractivity contribution in [3.63, 3.8) is 0 Å². The Kier molecular flexibility index (Phi) is 11.1. The van der Waals surface area contributed by atoms with Gasteiger partial charge in [0, 0.05) is 35.7 Å². The van der Waals surface area contributed by atoms with E-state index in [-0.39, 0.29) is 17.4 Å². The summed E-state index contributed by atoms with van der Waals surface area (Å²) >= 11 is 0. The molecule has 0 bridgehead atoms. The highest BCUT2D eigenvalue weighted by Gasteiger charge is 2.31. The first-order valence-electron chi connectivity index (χ1n) is 15.6. The SMILES string of the molecule is COc1ccc(CN2C(=O)CC[C@@H]2C=C(c2ccc(C(C)(C)C)cc2)c2ccc(CCCCN(C)C)c(OC)n2)c(OC)c1. The summed E-state index contributed by atoms with van der Waals surface area (Å²) < 4.78 is 16.8. The minimum absolute atomic E-state index is 0.0458. The first kappa shape index (κ1) is 33.1. The Hall–Kier alpha value is -3.84. The zero-order valence-corrected chi connectivity index (χ0v) is 27.8. The molecule has 0 radical (unpaired) electrons. The third kappa shape index (κ3) is 8.20. The summed E-state index contributed by atoms with van der Waals surface area (Å²) in [5, 5.41) is 0. The van der Waals surface area contributed by atoms with E-state index in [4.69, 9.17) is 19.2 Å². The number of methoxy groups -OCH3 is 3. The molecule has 1 aliphatic heterocycles. The van der Waals surface area contributed by atoms with Crippen LogP contribution in [0.5, 0.6) is 17.4 Å². The highest BCUT2D eigenvalue weighted by molar-refractivity contribution is 5.83. The molecule has 44 heavy (non-hydrogen) atoms. The molecule has 3 aromatic rings. The van der Waals surface area contributed by atoms with Crippen molar-refractivity contribution in [2.24, 2.45) is 0 Å². The van der Waals surface area contributed by atoms with E-state index in [9.17, 15) is 4.79 Å². The van der Waals surface area contributed by atoms with Gasteiger partial charge in [-0.3, -0.25) is 4.79 Å². The second-order valence-electron chi connectivity index (χ2n) is 12.8. The average molecular weight is 600 g/mol. The van der Waals surface area contributed by atoms with Crippen molar-refractivity contribution in [1.29, 1.82) is 0 Å². The minimum atomic E-state index is -0.0925. The van der Waals surface area contributed by atoms with Gasteiger partial charge in [0.2, 0.25) is 11.8 Å². The van der Waals surface area contributed by atoms with E-state index >= 15 is 0 Å². The van der Waals surface area contributed by atoms with Crippen LogP contribution in [0.15, 0.2) is 60.7 Å². The number of unbranched alkanes of at least 4 members (excludes halogenated alkanes) is 1. The molecule has 4 rings (SSSR count). The zero-order chi connectivity index (χ0) is 31.9. The summed E-state index contributed by atoms with van der Waals surface area (Å²) in [7, 11) is 9.18. The minimum Gasteiger partial charge on any atom is -0.497 e.